The first-order valence-corrected chi connectivity index (χ1v) is 8.06. The molecule has 0 bridgehead atoms. The Hall–Kier alpha value is -1.39. The summed E-state index contributed by atoms with van der Waals surface area (Å²) in [6, 6.07) is 8.52. The monoisotopic (exact) mass is 289 g/mol. The number of amides is 1. The molecule has 0 aromatic heterocycles. The van der Waals surface area contributed by atoms with E-state index in [-0.39, 0.29) is 5.91 Å². The summed E-state index contributed by atoms with van der Waals surface area (Å²) in [5, 5.41) is 2.95. The molecule has 0 radical (unpaired) electrons. The summed E-state index contributed by atoms with van der Waals surface area (Å²) >= 11 is 0. The zero-order valence-corrected chi connectivity index (χ0v) is 13.0. The molecule has 4 heteroatoms. The fourth-order valence-electron chi connectivity index (χ4n) is 2.65. The predicted molar refractivity (Wildman–Crippen MR) is 87.1 cm³/mol. The number of hydrogen-bond acceptors (Lipinski definition) is 3. The van der Waals surface area contributed by atoms with E-state index in [1.807, 2.05) is 24.3 Å². The third-order valence-corrected chi connectivity index (χ3v) is 3.87. The minimum absolute atomic E-state index is 0.0939. The molecule has 21 heavy (non-hydrogen) atoms. The van der Waals surface area contributed by atoms with E-state index in [1.54, 1.807) is 0 Å². The van der Waals surface area contributed by atoms with Crippen LogP contribution in [-0.4, -0.2) is 29.9 Å². The van der Waals surface area contributed by atoms with E-state index in [2.05, 4.69) is 17.1 Å². The second-order valence-corrected chi connectivity index (χ2v) is 5.82. The highest BCUT2D eigenvalue weighted by atomic mass is 16.1. The molecule has 1 aliphatic carbocycles. The molecule has 1 aromatic rings. The Balaban J connectivity index is 1.71. The lowest BCUT2D eigenvalue weighted by Gasteiger charge is -2.20. The van der Waals surface area contributed by atoms with Crippen LogP contribution >= 0.6 is 0 Å². The van der Waals surface area contributed by atoms with E-state index in [0.717, 1.165) is 36.8 Å². The van der Waals surface area contributed by atoms with Gasteiger partial charge in [-0.25, -0.2) is 0 Å². The maximum atomic E-state index is 12.0. The highest BCUT2D eigenvalue weighted by Crippen LogP contribution is 2.27. The van der Waals surface area contributed by atoms with Crippen molar-refractivity contribution in [3.8, 4) is 0 Å². The van der Waals surface area contributed by atoms with Gasteiger partial charge in [0, 0.05) is 24.7 Å². The molecule has 1 aromatic carbocycles. The number of nitrogens with zero attached hydrogens (tertiary/aromatic N) is 1. The average Bonchev–Trinajstić information content (AvgIpc) is 3.31. The first-order chi connectivity index (χ1) is 10.2. The Kier molecular flexibility index (Phi) is 6.21. The molecule has 4 nitrogen and oxygen atoms in total. The second-order valence-electron chi connectivity index (χ2n) is 5.82. The van der Waals surface area contributed by atoms with E-state index < -0.39 is 0 Å². The van der Waals surface area contributed by atoms with Crippen LogP contribution in [0.15, 0.2) is 24.3 Å². The lowest BCUT2D eigenvalue weighted by atomic mass is 10.2. The molecule has 0 aliphatic heterocycles. The summed E-state index contributed by atoms with van der Waals surface area (Å²) in [5.41, 5.74) is 7.49. The Morgan fingerprint density at radius 1 is 1.38 bits per heavy atom. The molecule has 0 atom stereocenters. The minimum atomic E-state index is 0.0939. The molecule has 1 aliphatic rings. The van der Waals surface area contributed by atoms with Crippen molar-refractivity contribution >= 4 is 11.6 Å². The van der Waals surface area contributed by atoms with Gasteiger partial charge in [0.15, 0.2) is 0 Å². The number of hydrogen-bond donors (Lipinski definition) is 2. The number of nitrogens with one attached hydrogen (secondary N) is 1. The number of nitrogens with two attached hydrogens (primary N) is 1. The van der Waals surface area contributed by atoms with Crippen LogP contribution in [0.25, 0.3) is 0 Å². The Bertz CT molecular complexity index is 457. The second kappa shape index (κ2) is 8.15. The lowest BCUT2D eigenvalue weighted by Crippen LogP contribution is -2.28. The summed E-state index contributed by atoms with van der Waals surface area (Å²) in [4.78, 5) is 14.5. The lowest BCUT2D eigenvalue weighted by molar-refractivity contribution is -0.116. The first kappa shape index (κ1) is 16.0. The molecule has 3 N–H and O–H groups in total. The zero-order valence-electron chi connectivity index (χ0n) is 13.0. The molecule has 0 spiro atoms. The van der Waals surface area contributed by atoms with Crippen LogP contribution in [-0.2, 0) is 11.3 Å². The van der Waals surface area contributed by atoms with Gasteiger partial charge in [-0.15, -0.1) is 0 Å². The largest absolute Gasteiger partial charge is 0.326 e. The van der Waals surface area contributed by atoms with Gasteiger partial charge >= 0.3 is 0 Å². The van der Waals surface area contributed by atoms with Gasteiger partial charge in [-0.1, -0.05) is 19.1 Å². The van der Waals surface area contributed by atoms with Crippen LogP contribution in [0.4, 0.5) is 5.69 Å². The third kappa shape index (κ3) is 5.48. The molecule has 0 saturated heterocycles. The number of benzene rings is 1. The molecule has 116 valence electrons. The topological polar surface area (TPSA) is 58.4 Å². The average molecular weight is 289 g/mol. The van der Waals surface area contributed by atoms with Gasteiger partial charge in [0.25, 0.3) is 0 Å². The van der Waals surface area contributed by atoms with Crippen LogP contribution in [0.2, 0.25) is 0 Å². The highest BCUT2D eigenvalue weighted by molar-refractivity contribution is 5.90. The standard InChI is InChI=1S/C17H27N3O/c1-2-10-20(16-8-9-16)11-4-7-17(21)19-15-6-3-5-14(12-15)13-18/h3,5-6,12,16H,2,4,7-11,13,18H2,1H3,(H,19,21). The fourth-order valence-corrected chi connectivity index (χ4v) is 2.65. The summed E-state index contributed by atoms with van der Waals surface area (Å²) < 4.78 is 0. The quantitative estimate of drug-likeness (QED) is 0.735. The van der Waals surface area contributed by atoms with E-state index in [9.17, 15) is 4.79 Å². The Morgan fingerprint density at radius 2 is 2.19 bits per heavy atom. The summed E-state index contributed by atoms with van der Waals surface area (Å²) in [6.45, 7) is 4.91. The highest BCUT2D eigenvalue weighted by Gasteiger charge is 2.27. The first-order valence-electron chi connectivity index (χ1n) is 8.06. The fraction of sp³-hybridized carbons (Fsp3) is 0.588. The summed E-state index contributed by atoms with van der Waals surface area (Å²) in [7, 11) is 0. The number of rotatable bonds is 9. The van der Waals surface area contributed by atoms with Crippen LogP contribution in [0.1, 0.15) is 44.6 Å². The van der Waals surface area contributed by atoms with Gasteiger partial charge in [0.2, 0.25) is 5.91 Å². The molecular formula is C17H27N3O. The van der Waals surface area contributed by atoms with Crippen molar-refractivity contribution in [3.63, 3.8) is 0 Å². The van der Waals surface area contributed by atoms with Crippen molar-refractivity contribution in [2.75, 3.05) is 18.4 Å². The van der Waals surface area contributed by atoms with Crippen LogP contribution in [0.5, 0.6) is 0 Å². The Morgan fingerprint density at radius 3 is 2.86 bits per heavy atom. The van der Waals surface area contributed by atoms with Gasteiger partial charge < -0.3 is 16.0 Å². The van der Waals surface area contributed by atoms with E-state index in [0.29, 0.717) is 13.0 Å². The van der Waals surface area contributed by atoms with Crippen LogP contribution in [0.3, 0.4) is 0 Å². The van der Waals surface area contributed by atoms with Crippen molar-refractivity contribution in [1.29, 1.82) is 0 Å². The number of carbonyl (C=O) groups excluding carboxylic acids is 1. The molecule has 0 unspecified atom stereocenters. The molecule has 0 heterocycles. The van der Waals surface area contributed by atoms with E-state index >= 15 is 0 Å². The normalized spacial score (nSPS) is 14.4. The van der Waals surface area contributed by atoms with Gasteiger partial charge in [0.05, 0.1) is 0 Å². The van der Waals surface area contributed by atoms with Gasteiger partial charge in [-0.05, 0) is 56.5 Å². The molecular weight excluding hydrogens is 262 g/mol. The summed E-state index contributed by atoms with van der Waals surface area (Å²) in [6.07, 6.45) is 5.36. The third-order valence-electron chi connectivity index (χ3n) is 3.87. The van der Waals surface area contributed by atoms with Gasteiger partial charge in [-0.3, -0.25) is 4.79 Å². The van der Waals surface area contributed by atoms with Crippen molar-refractivity contribution in [2.45, 2.75) is 51.6 Å². The van der Waals surface area contributed by atoms with Gasteiger partial charge in [-0.2, -0.15) is 0 Å². The van der Waals surface area contributed by atoms with E-state index in [4.69, 9.17) is 5.73 Å². The molecule has 1 saturated carbocycles. The van der Waals surface area contributed by atoms with Crippen molar-refractivity contribution in [1.82, 2.24) is 4.90 Å². The Labute approximate surface area is 127 Å². The SMILES string of the molecule is CCCN(CCCC(=O)Nc1cccc(CN)c1)C1CC1. The minimum Gasteiger partial charge on any atom is -0.326 e. The van der Waals surface area contributed by atoms with E-state index in [1.165, 1.54) is 19.3 Å². The van der Waals surface area contributed by atoms with Gasteiger partial charge in [0.1, 0.15) is 0 Å². The smallest absolute Gasteiger partial charge is 0.224 e. The maximum absolute atomic E-state index is 12.0. The summed E-state index contributed by atoms with van der Waals surface area (Å²) in [5.74, 6) is 0.0939. The molecule has 1 amide bonds. The van der Waals surface area contributed by atoms with Crippen LogP contribution in [0, 0.1) is 0 Å². The number of anilines is 1. The van der Waals surface area contributed by atoms with Crippen molar-refractivity contribution in [2.24, 2.45) is 5.73 Å². The molecule has 2 rings (SSSR count). The van der Waals surface area contributed by atoms with Crippen LogP contribution < -0.4 is 11.1 Å². The van der Waals surface area contributed by atoms with Crippen molar-refractivity contribution in [3.05, 3.63) is 29.8 Å². The zero-order chi connectivity index (χ0) is 15.1. The predicted octanol–water partition coefficient (Wildman–Crippen LogP) is 2.74. The molecule has 1 fully saturated rings. The van der Waals surface area contributed by atoms with Crippen molar-refractivity contribution < 1.29 is 4.79 Å². The number of carbonyl (C=O) groups is 1. The maximum Gasteiger partial charge on any atom is 0.224 e.